The first-order valence-corrected chi connectivity index (χ1v) is 9.34. The second-order valence-corrected chi connectivity index (χ2v) is 8.26. The Morgan fingerprint density at radius 1 is 1.39 bits per heavy atom. The van der Waals surface area contributed by atoms with Crippen molar-refractivity contribution in [2.75, 3.05) is 6.54 Å². The lowest BCUT2D eigenvalue weighted by Gasteiger charge is -2.33. The molecule has 0 spiro atoms. The normalized spacial score (nSPS) is 23.2. The molecular formula is C18H24N2O2S. The number of Topliss-reactive ketones (excluding diaryl/α,β-unsaturated/α-hetero) is 1. The van der Waals surface area contributed by atoms with Gasteiger partial charge in [0.25, 0.3) is 0 Å². The number of thioether (sulfide) groups is 1. The van der Waals surface area contributed by atoms with Crippen LogP contribution in [0.3, 0.4) is 0 Å². The van der Waals surface area contributed by atoms with Gasteiger partial charge in [-0.05, 0) is 29.9 Å². The van der Waals surface area contributed by atoms with E-state index >= 15 is 0 Å². The molecule has 2 heterocycles. The molecule has 1 amide bonds. The van der Waals surface area contributed by atoms with Crippen LogP contribution in [0.25, 0.3) is 0 Å². The maximum Gasteiger partial charge on any atom is 0.221 e. The average molecular weight is 332 g/mol. The number of hydrogen-bond acceptors (Lipinski definition) is 4. The highest BCUT2D eigenvalue weighted by atomic mass is 32.2. The molecule has 1 fully saturated rings. The van der Waals surface area contributed by atoms with Gasteiger partial charge >= 0.3 is 0 Å². The van der Waals surface area contributed by atoms with Crippen LogP contribution in [0.4, 0.5) is 0 Å². The van der Waals surface area contributed by atoms with Crippen molar-refractivity contribution in [3.05, 3.63) is 23.9 Å². The Morgan fingerprint density at radius 3 is 2.96 bits per heavy atom. The highest BCUT2D eigenvalue weighted by molar-refractivity contribution is 8.00. The highest BCUT2D eigenvalue weighted by Crippen LogP contribution is 2.35. The Morgan fingerprint density at radius 2 is 2.17 bits per heavy atom. The third-order valence-corrected chi connectivity index (χ3v) is 6.28. The topological polar surface area (TPSA) is 59.1 Å². The van der Waals surface area contributed by atoms with Crippen molar-refractivity contribution < 1.29 is 9.59 Å². The maximum absolute atomic E-state index is 12.3. The monoisotopic (exact) mass is 332 g/mol. The molecule has 3 rings (SSSR count). The number of amides is 1. The summed E-state index contributed by atoms with van der Waals surface area (Å²) in [6.45, 7) is 2.99. The van der Waals surface area contributed by atoms with Gasteiger partial charge < -0.3 is 5.32 Å². The van der Waals surface area contributed by atoms with E-state index in [0.717, 1.165) is 17.1 Å². The summed E-state index contributed by atoms with van der Waals surface area (Å²) in [6.07, 6.45) is 8.58. The number of rotatable bonds is 4. The summed E-state index contributed by atoms with van der Waals surface area (Å²) < 4.78 is 0. The lowest BCUT2D eigenvalue weighted by molar-refractivity contribution is -0.125. The fourth-order valence-electron chi connectivity index (χ4n) is 3.46. The van der Waals surface area contributed by atoms with Gasteiger partial charge in [-0.25, -0.2) is 4.98 Å². The Balaban J connectivity index is 1.53. The summed E-state index contributed by atoms with van der Waals surface area (Å²) in [4.78, 5) is 28.8. The summed E-state index contributed by atoms with van der Waals surface area (Å²) >= 11 is 1.43. The Hall–Kier alpha value is -1.36. The zero-order chi connectivity index (χ0) is 16.3. The molecule has 1 atom stereocenters. The van der Waals surface area contributed by atoms with E-state index in [1.54, 1.807) is 6.20 Å². The molecule has 1 aliphatic carbocycles. The van der Waals surface area contributed by atoms with E-state index in [1.165, 1.54) is 43.9 Å². The molecule has 5 heteroatoms. The zero-order valence-corrected chi connectivity index (χ0v) is 14.5. The first-order valence-electron chi connectivity index (χ1n) is 8.46. The summed E-state index contributed by atoms with van der Waals surface area (Å²) in [5.74, 6) is 0.122. The third kappa shape index (κ3) is 4.14. The van der Waals surface area contributed by atoms with Gasteiger partial charge in [0.15, 0.2) is 5.78 Å². The van der Waals surface area contributed by atoms with E-state index < -0.39 is 0 Å². The smallest absolute Gasteiger partial charge is 0.221 e. The first kappa shape index (κ1) is 16.5. The molecule has 23 heavy (non-hydrogen) atoms. The Kier molecular flexibility index (Phi) is 5.05. The maximum atomic E-state index is 12.3. The van der Waals surface area contributed by atoms with Gasteiger partial charge in [0, 0.05) is 25.6 Å². The molecule has 2 aliphatic rings. The summed E-state index contributed by atoms with van der Waals surface area (Å²) in [5.41, 5.74) is 1.21. The van der Waals surface area contributed by atoms with Crippen LogP contribution in [0, 0.1) is 5.41 Å². The molecule has 1 aliphatic heterocycles. The van der Waals surface area contributed by atoms with E-state index in [0.29, 0.717) is 6.42 Å². The fourth-order valence-corrected chi connectivity index (χ4v) is 4.59. The van der Waals surface area contributed by atoms with E-state index in [9.17, 15) is 9.59 Å². The van der Waals surface area contributed by atoms with Gasteiger partial charge in [0.05, 0.1) is 5.25 Å². The molecule has 1 N–H and O–H groups in total. The second-order valence-electron chi connectivity index (χ2n) is 7.07. The van der Waals surface area contributed by atoms with Crippen molar-refractivity contribution in [2.45, 2.75) is 62.1 Å². The van der Waals surface area contributed by atoms with Crippen LogP contribution in [-0.2, 0) is 16.0 Å². The number of nitrogens with zero attached hydrogens (tertiary/aromatic N) is 1. The molecule has 124 valence electrons. The number of pyridine rings is 1. The molecule has 1 aromatic rings. The highest BCUT2D eigenvalue weighted by Gasteiger charge is 2.31. The molecule has 4 nitrogen and oxygen atoms in total. The number of aromatic nitrogens is 1. The van der Waals surface area contributed by atoms with Crippen molar-refractivity contribution in [1.29, 1.82) is 0 Å². The van der Waals surface area contributed by atoms with Gasteiger partial charge in [0.1, 0.15) is 5.03 Å². The standard InChI is InChI=1S/C18H24N2O2S/c1-18(7-3-2-4-8-18)12-20-16(22)11-15-14(21)10-13-6-5-9-19-17(13)23-15/h5-6,9,15H,2-4,7-8,10-12H2,1H3,(H,20,22). The molecule has 1 aromatic heterocycles. The number of carbonyl (C=O) groups excluding carboxylic acids is 2. The fraction of sp³-hybridized carbons (Fsp3) is 0.611. The van der Waals surface area contributed by atoms with Crippen molar-refractivity contribution in [3.63, 3.8) is 0 Å². The predicted octanol–water partition coefficient (Wildman–Crippen LogP) is 3.14. The molecule has 0 bridgehead atoms. The van der Waals surface area contributed by atoms with Crippen molar-refractivity contribution in [3.8, 4) is 0 Å². The van der Waals surface area contributed by atoms with Gasteiger partial charge in [-0.1, -0.05) is 44.0 Å². The van der Waals surface area contributed by atoms with Gasteiger partial charge in [-0.2, -0.15) is 0 Å². The minimum absolute atomic E-state index is 0.0120. The Bertz CT molecular complexity index is 596. The average Bonchev–Trinajstić information content (AvgIpc) is 2.54. The van der Waals surface area contributed by atoms with Gasteiger partial charge in [-0.3, -0.25) is 9.59 Å². The van der Waals surface area contributed by atoms with Crippen LogP contribution in [0.5, 0.6) is 0 Å². The number of ketones is 1. The van der Waals surface area contributed by atoms with Crippen LogP contribution in [0.1, 0.15) is 51.0 Å². The van der Waals surface area contributed by atoms with Crippen molar-refractivity contribution in [2.24, 2.45) is 5.41 Å². The largest absolute Gasteiger partial charge is 0.356 e. The second kappa shape index (κ2) is 7.04. The summed E-state index contributed by atoms with van der Waals surface area (Å²) in [6, 6.07) is 3.79. The lowest BCUT2D eigenvalue weighted by atomic mass is 9.76. The zero-order valence-electron chi connectivity index (χ0n) is 13.6. The summed E-state index contributed by atoms with van der Waals surface area (Å²) in [5, 5.41) is 3.66. The van der Waals surface area contributed by atoms with Crippen LogP contribution in [-0.4, -0.2) is 28.5 Å². The quantitative estimate of drug-likeness (QED) is 0.920. The SMILES string of the molecule is CC1(CNC(=O)CC2Sc3ncccc3CC2=O)CCCCC1. The summed E-state index contributed by atoms with van der Waals surface area (Å²) in [7, 11) is 0. The number of hydrogen-bond donors (Lipinski definition) is 1. The predicted molar refractivity (Wildman–Crippen MR) is 91.4 cm³/mol. The number of fused-ring (bicyclic) bond motifs is 1. The van der Waals surface area contributed by atoms with Gasteiger partial charge in [-0.15, -0.1) is 0 Å². The van der Waals surface area contributed by atoms with Gasteiger partial charge in [0.2, 0.25) is 5.91 Å². The third-order valence-electron chi connectivity index (χ3n) is 4.97. The van der Waals surface area contributed by atoms with Crippen molar-refractivity contribution in [1.82, 2.24) is 10.3 Å². The van der Waals surface area contributed by atoms with Crippen molar-refractivity contribution >= 4 is 23.5 Å². The minimum atomic E-state index is -0.295. The van der Waals surface area contributed by atoms with E-state index in [4.69, 9.17) is 0 Å². The lowest BCUT2D eigenvalue weighted by Crippen LogP contribution is -2.39. The number of carbonyl (C=O) groups is 2. The van der Waals surface area contributed by atoms with E-state index in [1.807, 2.05) is 12.1 Å². The van der Waals surface area contributed by atoms with Crippen LogP contribution >= 0.6 is 11.8 Å². The molecule has 0 radical (unpaired) electrons. The van der Waals surface area contributed by atoms with Crippen LogP contribution in [0.15, 0.2) is 23.4 Å². The molecule has 0 aromatic carbocycles. The molecule has 1 saturated carbocycles. The van der Waals surface area contributed by atoms with Crippen LogP contribution in [0.2, 0.25) is 0 Å². The Labute approximate surface area is 141 Å². The minimum Gasteiger partial charge on any atom is -0.356 e. The van der Waals surface area contributed by atoms with E-state index in [2.05, 4.69) is 17.2 Å². The van der Waals surface area contributed by atoms with Crippen LogP contribution < -0.4 is 5.32 Å². The molecule has 1 unspecified atom stereocenters. The first-order chi connectivity index (χ1) is 11.1. The molecule has 0 saturated heterocycles. The van der Waals surface area contributed by atoms with E-state index in [-0.39, 0.29) is 28.8 Å². The molecular weight excluding hydrogens is 308 g/mol. The number of nitrogens with one attached hydrogen (secondary N) is 1.